The highest BCUT2D eigenvalue weighted by atomic mass is 16.5. The summed E-state index contributed by atoms with van der Waals surface area (Å²) in [5, 5.41) is 23.8. The van der Waals surface area contributed by atoms with E-state index in [9.17, 15) is 19.8 Å². The van der Waals surface area contributed by atoms with Gasteiger partial charge in [-0.25, -0.2) is 0 Å². The number of nitrogens with one attached hydrogen (secondary N) is 1. The van der Waals surface area contributed by atoms with Crippen molar-refractivity contribution in [2.75, 3.05) is 6.61 Å². The van der Waals surface area contributed by atoms with E-state index in [0.717, 1.165) is 122 Å². The molecule has 3 atom stereocenters. The first-order valence-electron chi connectivity index (χ1n) is 27.3. The highest BCUT2D eigenvalue weighted by Gasteiger charge is 2.24. The van der Waals surface area contributed by atoms with Crippen LogP contribution in [0.15, 0.2) is 122 Å². The molecule has 0 aromatic rings. The first kappa shape index (κ1) is 63.3. The van der Waals surface area contributed by atoms with Gasteiger partial charge in [-0.3, -0.25) is 9.59 Å². The highest BCUT2D eigenvalue weighted by Crippen LogP contribution is 2.16. The number of rotatable bonds is 47. The van der Waals surface area contributed by atoms with Crippen LogP contribution in [0.1, 0.15) is 226 Å². The minimum Gasteiger partial charge on any atom is -0.462 e. The first-order valence-corrected chi connectivity index (χ1v) is 27.3. The molecule has 1 amide bonds. The normalized spacial score (nSPS) is 14.2. The van der Waals surface area contributed by atoms with Gasteiger partial charge in [-0.15, -0.1) is 0 Å². The fourth-order valence-corrected chi connectivity index (χ4v) is 7.49. The summed E-state index contributed by atoms with van der Waals surface area (Å²) in [7, 11) is 0. The minimum atomic E-state index is -0.817. The standard InChI is InChI=1S/C61H101NO5/c1-4-7-10-13-16-19-22-25-27-29-30-32-34-36-39-42-45-48-51-54-61(66)67-57(52-49-46-43-40-37-35-33-31-28-26-23-20-17-14-11-8-5-2)55-60(65)62-58(56-63)59(64)53-50-47-44-41-38-24-21-18-15-12-9-6-3/h7-8,10-11,16-17,19-20,25-28,30,32-33,35-36,39-40,43,57-59,63-64H,4-6,9,12-15,18,21-24,29,31,34,37-38,41-42,44-56H2,1-3H3,(H,62,65)/b10-7-,11-8-,19-16-,20-17-,27-25-,28-26-,32-30-,35-33-,39-36-,43-40-. The van der Waals surface area contributed by atoms with E-state index in [1.165, 1.54) is 57.8 Å². The van der Waals surface area contributed by atoms with E-state index >= 15 is 0 Å². The Morgan fingerprint density at radius 3 is 1.24 bits per heavy atom. The maximum atomic E-state index is 13.2. The van der Waals surface area contributed by atoms with Crippen LogP contribution in [0.2, 0.25) is 0 Å². The largest absolute Gasteiger partial charge is 0.462 e. The fraction of sp³-hybridized carbons (Fsp3) is 0.639. The number of ether oxygens (including phenoxy) is 1. The molecule has 0 aliphatic rings. The summed E-state index contributed by atoms with van der Waals surface area (Å²) in [5.41, 5.74) is 0. The molecule has 0 heterocycles. The molecule has 6 nitrogen and oxygen atoms in total. The van der Waals surface area contributed by atoms with Crippen LogP contribution in [-0.4, -0.2) is 46.9 Å². The second kappa shape index (κ2) is 53.2. The summed E-state index contributed by atoms with van der Waals surface area (Å²) < 4.78 is 5.91. The summed E-state index contributed by atoms with van der Waals surface area (Å²) in [6.07, 6.45) is 74.0. The summed E-state index contributed by atoms with van der Waals surface area (Å²) in [4.78, 5) is 26.2. The van der Waals surface area contributed by atoms with E-state index in [1.54, 1.807) is 0 Å². The Morgan fingerprint density at radius 1 is 0.448 bits per heavy atom. The molecule has 0 aromatic carbocycles. The van der Waals surface area contributed by atoms with Crippen molar-refractivity contribution < 1.29 is 24.5 Å². The van der Waals surface area contributed by atoms with E-state index in [1.807, 2.05) is 0 Å². The molecule has 0 rings (SSSR count). The number of hydrogen-bond donors (Lipinski definition) is 3. The topological polar surface area (TPSA) is 95.9 Å². The molecule has 0 radical (unpaired) electrons. The van der Waals surface area contributed by atoms with Crippen molar-refractivity contribution in [1.29, 1.82) is 0 Å². The number of amides is 1. The number of allylic oxidation sites excluding steroid dienone is 20. The maximum absolute atomic E-state index is 13.2. The molecule has 0 aliphatic carbocycles. The Bertz CT molecular complexity index is 1410. The third-order valence-electron chi connectivity index (χ3n) is 11.5. The average molecular weight is 928 g/mol. The van der Waals surface area contributed by atoms with Crippen molar-refractivity contribution >= 4 is 11.9 Å². The molecule has 0 saturated heterocycles. The van der Waals surface area contributed by atoms with Crippen molar-refractivity contribution in [3.63, 3.8) is 0 Å². The molecule has 0 fully saturated rings. The van der Waals surface area contributed by atoms with Crippen LogP contribution in [0, 0.1) is 0 Å². The molecule has 0 saturated carbocycles. The Hall–Kier alpha value is -3.74. The SMILES string of the molecule is CC/C=C\C/C=C\C/C=C\C/C=C\C/C=C\CCCCCC(=O)OC(CCC/C=C\C/C=C\C/C=C\C/C=C\C/C=C\CC)CC(=O)NC(CO)C(O)CCCCCCCCCCCCCC. The lowest BCUT2D eigenvalue weighted by Gasteiger charge is -2.24. The van der Waals surface area contributed by atoms with Crippen molar-refractivity contribution in [2.24, 2.45) is 0 Å². The summed E-state index contributed by atoms with van der Waals surface area (Å²) in [5.74, 6) is -0.578. The predicted octanol–water partition coefficient (Wildman–Crippen LogP) is 16.8. The maximum Gasteiger partial charge on any atom is 0.306 e. The third kappa shape index (κ3) is 48.5. The lowest BCUT2D eigenvalue weighted by molar-refractivity contribution is -0.151. The van der Waals surface area contributed by atoms with Gasteiger partial charge in [0, 0.05) is 6.42 Å². The van der Waals surface area contributed by atoms with Crippen LogP contribution in [0.25, 0.3) is 0 Å². The number of hydrogen-bond acceptors (Lipinski definition) is 5. The molecule has 0 aliphatic heterocycles. The molecule has 0 bridgehead atoms. The van der Waals surface area contributed by atoms with Crippen molar-refractivity contribution in [2.45, 2.75) is 244 Å². The smallest absolute Gasteiger partial charge is 0.306 e. The van der Waals surface area contributed by atoms with E-state index < -0.39 is 18.2 Å². The van der Waals surface area contributed by atoms with Crippen molar-refractivity contribution in [3.8, 4) is 0 Å². The third-order valence-corrected chi connectivity index (χ3v) is 11.5. The number of carbonyl (C=O) groups is 2. The van der Waals surface area contributed by atoms with Crippen molar-refractivity contribution in [1.82, 2.24) is 5.32 Å². The molecule has 0 aromatic heterocycles. The van der Waals surface area contributed by atoms with E-state index in [-0.39, 0.29) is 24.9 Å². The van der Waals surface area contributed by atoms with E-state index in [4.69, 9.17) is 4.74 Å². The van der Waals surface area contributed by atoms with Gasteiger partial charge in [0.1, 0.15) is 6.10 Å². The number of carbonyl (C=O) groups excluding carboxylic acids is 2. The quantitative estimate of drug-likeness (QED) is 0.0321. The molecule has 67 heavy (non-hydrogen) atoms. The van der Waals surface area contributed by atoms with Crippen molar-refractivity contribution in [3.05, 3.63) is 122 Å². The number of esters is 1. The van der Waals surface area contributed by atoms with Gasteiger partial charge in [0.05, 0.1) is 25.2 Å². The summed E-state index contributed by atoms with van der Waals surface area (Å²) >= 11 is 0. The monoisotopic (exact) mass is 928 g/mol. The second-order valence-electron chi connectivity index (χ2n) is 17.9. The number of unbranched alkanes of at least 4 members (excludes halogenated alkanes) is 15. The van der Waals surface area contributed by atoms with Gasteiger partial charge in [-0.1, -0.05) is 226 Å². The van der Waals surface area contributed by atoms with Crippen LogP contribution >= 0.6 is 0 Å². The Kier molecular flexibility index (Phi) is 50.2. The van der Waals surface area contributed by atoms with Gasteiger partial charge >= 0.3 is 5.97 Å². The van der Waals surface area contributed by atoms with Crippen LogP contribution in [0.5, 0.6) is 0 Å². The van der Waals surface area contributed by atoms with E-state index in [2.05, 4.69) is 148 Å². The molecular formula is C61H101NO5. The predicted molar refractivity (Wildman–Crippen MR) is 291 cm³/mol. The van der Waals surface area contributed by atoms with Gasteiger partial charge in [0.2, 0.25) is 5.91 Å². The number of aliphatic hydroxyl groups excluding tert-OH is 2. The van der Waals surface area contributed by atoms with Gasteiger partial charge in [0.25, 0.3) is 0 Å². The van der Waals surface area contributed by atoms with Crippen LogP contribution in [0.4, 0.5) is 0 Å². The van der Waals surface area contributed by atoms with Crippen LogP contribution < -0.4 is 5.32 Å². The first-order chi connectivity index (χ1) is 33.0. The van der Waals surface area contributed by atoms with Gasteiger partial charge < -0.3 is 20.3 Å². The highest BCUT2D eigenvalue weighted by molar-refractivity contribution is 5.77. The van der Waals surface area contributed by atoms with E-state index in [0.29, 0.717) is 19.3 Å². The Morgan fingerprint density at radius 2 is 0.821 bits per heavy atom. The Labute approximate surface area is 412 Å². The zero-order valence-electron chi connectivity index (χ0n) is 43.2. The zero-order valence-corrected chi connectivity index (χ0v) is 43.2. The number of aliphatic hydroxyl groups is 2. The minimum absolute atomic E-state index is 0.0172. The molecule has 3 N–H and O–H groups in total. The van der Waals surface area contributed by atoms with Crippen LogP contribution in [0.3, 0.4) is 0 Å². The second-order valence-corrected chi connectivity index (χ2v) is 17.9. The van der Waals surface area contributed by atoms with Gasteiger partial charge in [-0.05, 0) is 109 Å². The average Bonchev–Trinajstić information content (AvgIpc) is 3.32. The van der Waals surface area contributed by atoms with Gasteiger partial charge in [0.15, 0.2) is 0 Å². The fourth-order valence-electron chi connectivity index (χ4n) is 7.49. The van der Waals surface area contributed by atoms with Crippen LogP contribution in [-0.2, 0) is 14.3 Å². The molecular weight excluding hydrogens is 827 g/mol. The lowest BCUT2D eigenvalue weighted by Crippen LogP contribution is -2.46. The molecule has 380 valence electrons. The molecule has 3 unspecified atom stereocenters. The molecule has 6 heteroatoms. The zero-order chi connectivity index (χ0) is 48.8. The Balaban J connectivity index is 4.77. The summed E-state index contributed by atoms with van der Waals surface area (Å²) in [6, 6.07) is -0.735. The summed E-state index contributed by atoms with van der Waals surface area (Å²) in [6.45, 7) is 6.22. The lowest BCUT2D eigenvalue weighted by atomic mass is 10.0. The molecule has 0 spiro atoms. The van der Waals surface area contributed by atoms with Gasteiger partial charge in [-0.2, -0.15) is 0 Å².